The Morgan fingerprint density at radius 1 is 1.05 bits per heavy atom. The van der Waals surface area contributed by atoms with Crippen LogP contribution in [-0.4, -0.2) is 24.1 Å². The molecule has 0 amide bonds. The number of hydrogen-bond acceptors (Lipinski definition) is 3. The van der Waals surface area contributed by atoms with Crippen molar-refractivity contribution >= 4 is 22.6 Å². The van der Waals surface area contributed by atoms with Crippen LogP contribution in [0.2, 0.25) is 0 Å². The van der Waals surface area contributed by atoms with Crippen LogP contribution < -0.4 is 4.74 Å². The molecule has 2 rings (SSSR count). The lowest BCUT2D eigenvalue weighted by Crippen LogP contribution is -2.11. The maximum atomic E-state index is 9.44. The van der Waals surface area contributed by atoms with Crippen molar-refractivity contribution in [1.82, 2.24) is 4.90 Å². The van der Waals surface area contributed by atoms with Crippen LogP contribution in [0.4, 0.5) is 0 Å². The highest BCUT2D eigenvalue weighted by Gasteiger charge is 2.09. The first-order valence-corrected chi connectivity index (χ1v) is 7.48. The van der Waals surface area contributed by atoms with E-state index in [1.807, 2.05) is 50.5 Å². The lowest BCUT2D eigenvalue weighted by atomic mass is 10.2. The van der Waals surface area contributed by atoms with Gasteiger partial charge in [-0.05, 0) is 61.0 Å². The van der Waals surface area contributed by atoms with E-state index in [1.54, 1.807) is 0 Å². The molecule has 0 aromatic heterocycles. The van der Waals surface area contributed by atoms with E-state index in [1.165, 1.54) is 0 Å². The van der Waals surface area contributed by atoms with Gasteiger partial charge in [-0.2, -0.15) is 0 Å². The van der Waals surface area contributed by atoms with Crippen molar-refractivity contribution in [3.63, 3.8) is 0 Å². The predicted molar refractivity (Wildman–Crippen MR) is 95.7 cm³/mol. The average Bonchev–Trinajstić information content (AvgIpc) is 2.42. The molecule has 0 radical (unpaired) electrons. The Morgan fingerprint density at radius 3 is 2.38 bits per heavy atom. The van der Waals surface area contributed by atoms with Gasteiger partial charge in [0.25, 0.3) is 0 Å². The van der Waals surface area contributed by atoms with Crippen LogP contribution in [0.3, 0.4) is 0 Å². The van der Waals surface area contributed by atoms with Gasteiger partial charge in [0.05, 0.1) is 6.61 Å². The van der Waals surface area contributed by atoms with Gasteiger partial charge in [0.2, 0.25) is 0 Å². The molecule has 0 bridgehead atoms. The third kappa shape index (κ3) is 4.98. The van der Waals surface area contributed by atoms with E-state index in [4.69, 9.17) is 4.74 Å². The molecule has 4 heteroatoms. The molecule has 0 heterocycles. The number of ether oxygens (including phenoxy) is 1. The lowest BCUT2D eigenvalue weighted by molar-refractivity contribution is 0.276. The molecule has 0 aliphatic carbocycles. The maximum Gasteiger partial charge on any atom is 0.133 e. The highest BCUT2D eigenvalue weighted by molar-refractivity contribution is 14.1. The minimum atomic E-state index is -0.0258. The van der Waals surface area contributed by atoms with Gasteiger partial charge in [0.15, 0.2) is 0 Å². The summed E-state index contributed by atoms with van der Waals surface area (Å²) in [6.45, 7) is 0.789. The third-order valence-electron chi connectivity index (χ3n) is 2.87. The van der Waals surface area contributed by atoms with Crippen LogP contribution in [0, 0.1) is 3.57 Å². The van der Waals surface area contributed by atoms with E-state index < -0.39 is 0 Å². The Kier molecular flexibility index (Phi) is 7.14. The van der Waals surface area contributed by atoms with E-state index in [2.05, 4.69) is 33.6 Å². The second-order valence-corrected chi connectivity index (χ2v) is 6.10. The van der Waals surface area contributed by atoms with E-state index in [0.29, 0.717) is 5.75 Å². The molecule has 21 heavy (non-hydrogen) atoms. The first-order chi connectivity index (χ1) is 9.60. The molecule has 0 saturated carbocycles. The Hall–Kier alpha value is -1.11. The van der Waals surface area contributed by atoms with E-state index in [-0.39, 0.29) is 14.0 Å². The molecule has 114 valence electrons. The first-order valence-electron chi connectivity index (χ1n) is 6.40. The fourth-order valence-electron chi connectivity index (χ4n) is 1.96. The molecule has 0 atom stereocenters. The van der Waals surface area contributed by atoms with Gasteiger partial charge in [0, 0.05) is 21.2 Å². The van der Waals surface area contributed by atoms with Crippen molar-refractivity contribution in [2.24, 2.45) is 0 Å². The minimum Gasteiger partial charge on any atom is -0.457 e. The van der Waals surface area contributed by atoms with E-state index in [0.717, 1.165) is 27.0 Å². The number of nitrogens with zero attached hydrogens (tertiary/aromatic N) is 1. The Bertz CT molecular complexity index is 585. The third-order valence-corrected chi connectivity index (χ3v) is 3.54. The predicted octanol–water partition coefficient (Wildman–Crippen LogP) is 4.27. The van der Waals surface area contributed by atoms with Gasteiger partial charge >= 0.3 is 0 Å². The Balaban J connectivity index is 0.00000220. The fraction of sp³-hybridized carbons (Fsp3) is 0.294. The van der Waals surface area contributed by atoms with Gasteiger partial charge < -0.3 is 14.7 Å². The fourth-order valence-corrected chi connectivity index (χ4v) is 2.52. The summed E-state index contributed by atoms with van der Waals surface area (Å²) in [6.07, 6.45) is 0. The summed E-state index contributed by atoms with van der Waals surface area (Å²) >= 11 is 2.23. The first kappa shape index (κ1) is 17.9. The summed E-state index contributed by atoms with van der Waals surface area (Å²) in [6, 6.07) is 13.8. The Labute approximate surface area is 140 Å². The zero-order chi connectivity index (χ0) is 14.5. The molecule has 0 fully saturated rings. The van der Waals surface area contributed by atoms with Gasteiger partial charge in [-0.25, -0.2) is 0 Å². The topological polar surface area (TPSA) is 32.7 Å². The maximum absolute atomic E-state index is 9.44. The second kappa shape index (κ2) is 8.36. The van der Waals surface area contributed by atoms with Crippen molar-refractivity contribution in [2.75, 3.05) is 14.1 Å². The number of benzene rings is 2. The number of hydrogen-bond donors (Lipinski definition) is 1. The normalized spacial score (nSPS) is 10.3. The summed E-state index contributed by atoms with van der Waals surface area (Å²) in [5.41, 5.74) is 1.93. The van der Waals surface area contributed by atoms with Gasteiger partial charge in [-0.15, -0.1) is 0 Å². The molecule has 3 nitrogen and oxygen atoms in total. The number of rotatable bonds is 5. The molecular weight excluding hydrogens is 377 g/mol. The summed E-state index contributed by atoms with van der Waals surface area (Å²) in [5.74, 6) is 1.54. The second-order valence-electron chi connectivity index (χ2n) is 4.86. The van der Waals surface area contributed by atoms with Crippen molar-refractivity contribution in [2.45, 2.75) is 20.6 Å². The molecule has 0 aliphatic heterocycles. The van der Waals surface area contributed by atoms with Gasteiger partial charge in [0.1, 0.15) is 11.5 Å². The number of halogens is 1. The zero-order valence-electron chi connectivity index (χ0n) is 11.6. The minimum absolute atomic E-state index is 0. The zero-order valence-corrected chi connectivity index (χ0v) is 13.8. The van der Waals surface area contributed by atoms with E-state index >= 15 is 0 Å². The number of para-hydroxylation sites is 1. The monoisotopic (exact) mass is 399 g/mol. The van der Waals surface area contributed by atoms with Crippen LogP contribution >= 0.6 is 22.6 Å². The van der Waals surface area contributed by atoms with E-state index in [9.17, 15) is 5.11 Å². The summed E-state index contributed by atoms with van der Waals surface area (Å²) in [7, 11) is 4.06. The van der Waals surface area contributed by atoms with Crippen LogP contribution in [0.15, 0.2) is 42.5 Å². The summed E-state index contributed by atoms with van der Waals surface area (Å²) in [5, 5.41) is 9.44. The largest absolute Gasteiger partial charge is 0.457 e. The van der Waals surface area contributed by atoms with Crippen molar-refractivity contribution < 1.29 is 9.84 Å². The quantitative estimate of drug-likeness (QED) is 0.763. The molecule has 0 aliphatic rings. The molecule has 2 aromatic rings. The standard InChI is InChI=1S/C16H18INO2.CH4/c1-18(2)10-12-5-3-4-6-15(12)20-16-8-7-14(17)9-13(16)11-19;/h3-9,19H,10-11H2,1-2H3;1H4. The molecule has 0 unspecified atom stereocenters. The molecule has 1 N–H and O–H groups in total. The lowest BCUT2D eigenvalue weighted by Gasteiger charge is -2.16. The summed E-state index contributed by atoms with van der Waals surface area (Å²) < 4.78 is 7.08. The number of aliphatic hydroxyl groups is 1. The van der Waals surface area contributed by atoms with Crippen molar-refractivity contribution in [1.29, 1.82) is 0 Å². The molecular formula is C17H22INO2. The van der Waals surface area contributed by atoms with Gasteiger partial charge in [-0.1, -0.05) is 25.6 Å². The highest BCUT2D eigenvalue weighted by Crippen LogP contribution is 2.29. The Morgan fingerprint density at radius 2 is 1.71 bits per heavy atom. The number of aliphatic hydroxyl groups excluding tert-OH is 1. The smallest absolute Gasteiger partial charge is 0.133 e. The van der Waals surface area contributed by atoms with Gasteiger partial charge in [-0.3, -0.25) is 0 Å². The van der Waals surface area contributed by atoms with Crippen molar-refractivity contribution in [3.05, 3.63) is 57.2 Å². The molecule has 0 saturated heterocycles. The summed E-state index contributed by atoms with van der Waals surface area (Å²) in [4.78, 5) is 2.10. The van der Waals surface area contributed by atoms with Crippen LogP contribution in [0.25, 0.3) is 0 Å². The van der Waals surface area contributed by atoms with Crippen LogP contribution in [-0.2, 0) is 13.2 Å². The molecule has 2 aromatic carbocycles. The van der Waals surface area contributed by atoms with Crippen LogP contribution in [0.1, 0.15) is 18.6 Å². The van der Waals surface area contributed by atoms with Crippen molar-refractivity contribution in [3.8, 4) is 11.5 Å². The SMILES string of the molecule is C.CN(C)Cc1ccccc1Oc1ccc(I)cc1CO. The van der Waals surface area contributed by atoms with Crippen LogP contribution in [0.5, 0.6) is 11.5 Å². The molecule has 0 spiro atoms. The average molecular weight is 399 g/mol. The highest BCUT2D eigenvalue weighted by atomic mass is 127.